The van der Waals surface area contributed by atoms with Crippen molar-refractivity contribution in [2.75, 3.05) is 5.32 Å². The fraction of sp³-hybridized carbons (Fsp3) is 0.158. The Morgan fingerprint density at radius 3 is 2.65 bits per heavy atom. The summed E-state index contributed by atoms with van der Waals surface area (Å²) in [6.07, 6.45) is 3.74. The summed E-state index contributed by atoms with van der Waals surface area (Å²) in [5.41, 5.74) is 2.67. The zero-order valence-corrected chi connectivity index (χ0v) is 12.7. The lowest BCUT2D eigenvalue weighted by atomic mass is 10.1. The second-order valence-corrected chi connectivity index (χ2v) is 5.45. The topological polar surface area (TPSA) is 62.2 Å². The van der Waals surface area contributed by atoms with Gasteiger partial charge >= 0.3 is 0 Å². The molecule has 3 aromatic rings. The maximum atomic E-state index is 12.1. The number of phenols is 1. The first-order chi connectivity index (χ1) is 11.2. The van der Waals surface area contributed by atoms with E-state index in [4.69, 9.17) is 0 Å². The fourth-order valence-electron chi connectivity index (χ4n) is 2.53. The van der Waals surface area contributed by atoms with Gasteiger partial charge < -0.3 is 10.4 Å². The second-order valence-electron chi connectivity index (χ2n) is 5.45. The molecule has 4 heteroatoms. The highest BCUT2D eigenvalue weighted by Gasteiger charge is 2.06. The molecule has 116 valence electrons. The van der Waals surface area contributed by atoms with Gasteiger partial charge in [0.05, 0.1) is 11.2 Å². The van der Waals surface area contributed by atoms with E-state index in [0.29, 0.717) is 6.42 Å². The van der Waals surface area contributed by atoms with Crippen molar-refractivity contribution in [1.29, 1.82) is 0 Å². The zero-order chi connectivity index (χ0) is 16.1. The number of carbonyl (C=O) groups excluding carboxylic acids is 1. The van der Waals surface area contributed by atoms with Crippen LogP contribution in [0.15, 0.2) is 60.8 Å². The number of para-hydroxylation sites is 1. The van der Waals surface area contributed by atoms with Gasteiger partial charge in [-0.2, -0.15) is 0 Å². The van der Waals surface area contributed by atoms with E-state index in [-0.39, 0.29) is 11.7 Å². The van der Waals surface area contributed by atoms with Crippen LogP contribution in [0.25, 0.3) is 10.9 Å². The molecule has 0 aliphatic heterocycles. The number of aromatic nitrogens is 1. The number of amides is 1. The molecule has 1 heterocycles. The van der Waals surface area contributed by atoms with Gasteiger partial charge in [-0.3, -0.25) is 9.78 Å². The van der Waals surface area contributed by atoms with E-state index in [9.17, 15) is 9.90 Å². The van der Waals surface area contributed by atoms with Crippen LogP contribution in [0, 0.1) is 0 Å². The normalized spacial score (nSPS) is 10.6. The van der Waals surface area contributed by atoms with Gasteiger partial charge in [-0.1, -0.05) is 30.3 Å². The van der Waals surface area contributed by atoms with E-state index in [2.05, 4.69) is 10.3 Å². The van der Waals surface area contributed by atoms with E-state index in [1.807, 2.05) is 42.5 Å². The van der Waals surface area contributed by atoms with E-state index in [0.717, 1.165) is 35.0 Å². The number of nitrogens with one attached hydrogen (secondary N) is 1. The number of fused-ring (bicyclic) bond motifs is 1. The van der Waals surface area contributed by atoms with Gasteiger partial charge in [-0.15, -0.1) is 0 Å². The van der Waals surface area contributed by atoms with Gasteiger partial charge in [-0.25, -0.2) is 0 Å². The fourth-order valence-corrected chi connectivity index (χ4v) is 2.53. The number of hydrogen-bond donors (Lipinski definition) is 2. The van der Waals surface area contributed by atoms with Crippen molar-refractivity contribution in [3.63, 3.8) is 0 Å². The number of aryl methyl sites for hydroxylation is 1. The smallest absolute Gasteiger partial charge is 0.224 e. The summed E-state index contributed by atoms with van der Waals surface area (Å²) in [6.45, 7) is 0. The van der Waals surface area contributed by atoms with Crippen LogP contribution >= 0.6 is 0 Å². The molecule has 4 nitrogen and oxygen atoms in total. The number of aromatic hydroxyl groups is 1. The number of anilines is 1. The summed E-state index contributed by atoms with van der Waals surface area (Å²) in [5.74, 6) is 0.247. The number of phenolic OH excluding ortho intramolecular Hbond substituents is 1. The Morgan fingerprint density at radius 1 is 1.04 bits per heavy atom. The minimum atomic E-state index is -0.0121. The van der Waals surface area contributed by atoms with Gasteiger partial charge in [0.1, 0.15) is 5.75 Å². The SMILES string of the molecule is O=C(CCCc1ccc(O)cc1)Nc1cccc2cccnc12. The molecule has 23 heavy (non-hydrogen) atoms. The number of pyridine rings is 1. The van der Waals surface area contributed by atoms with Gasteiger partial charge in [0.2, 0.25) is 5.91 Å². The van der Waals surface area contributed by atoms with Crippen molar-refractivity contribution in [1.82, 2.24) is 4.98 Å². The average Bonchev–Trinajstić information content (AvgIpc) is 2.57. The van der Waals surface area contributed by atoms with Crippen LogP contribution in [0.5, 0.6) is 5.75 Å². The second kappa shape index (κ2) is 6.92. The Kier molecular flexibility index (Phi) is 4.52. The van der Waals surface area contributed by atoms with Gasteiger partial charge in [0, 0.05) is 18.0 Å². The lowest BCUT2D eigenvalue weighted by molar-refractivity contribution is -0.116. The van der Waals surface area contributed by atoms with Crippen LogP contribution in [0.4, 0.5) is 5.69 Å². The number of carbonyl (C=O) groups is 1. The molecule has 0 unspecified atom stereocenters. The van der Waals surface area contributed by atoms with Crippen LogP contribution in [0.3, 0.4) is 0 Å². The van der Waals surface area contributed by atoms with E-state index in [1.165, 1.54) is 0 Å². The molecular formula is C19H18N2O2. The first-order valence-electron chi connectivity index (χ1n) is 7.64. The molecule has 0 spiro atoms. The molecule has 0 fully saturated rings. The molecule has 0 saturated heterocycles. The predicted octanol–water partition coefficient (Wildman–Crippen LogP) is 3.90. The maximum absolute atomic E-state index is 12.1. The summed E-state index contributed by atoms with van der Waals surface area (Å²) < 4.78 is 0. The summed E-state index contributed by atoms with van der Waals surface area (Å²) in [4.78, 5) is 16.5. The number of benzene rings is 2. The Balaban J connectivity index is 1.57. The maximum Gasteiger partial charge on any atom is 0.224 e. The largest absolute Gasteiger partial charge is 0.508 e. The first-order valence-corrected chi connectivity index (χ1v) is 7.64. The molecule has 0 aliphatic rings. The third-order valence-corrected chi connectivity index (χ3v) is 3.71. The Bertz CT molecular complexity index is 808. The van der Waals surface area contributed by atoms with Crippen LogP contribution in [-0.4, -0.2) is 16.0 Å². The van der Waals surface area contributed by atoms with Crippen molar-refractivity contribution in [2.45, 2.75) is 19.3 Å². The van der Waals surface area contributed by atoms with Gasteiger partial charge in [0.15, 0.2) is 0 Å². The van der Waals surface area contributed by atoms with Gasteiger partial charge in [0.25, 0.3) is 0 Å². The Morgan fingerprint density at radius 2 is 1.83 bits per heavy atom. The minimum Gasteiger partial charge on any atom is -0.508 e. The van der Waals surface area contributed by atoms with Crippen LogP contribution in [0.1, 0.15) is 18.4 Å². The lowest BCUT2D eigenvalue weighted by Gasteiger charge is -2.08. The van der Waals surface area contributed by atoms with Crippen LogP contribution in [-0.2, 0) is 11.2 Å². The van der Waals surface area contributed by atoms with Crippen LogP contribution < -0.4 is 5.32 Å². The highest BCUT2D eigenvalue weighted by molar-refractivity contribution is 6.00. The highest BCUT2D eigenvalue weighted by atomic mass is 16.3. The highest BCUT2D eigenvalue weighted by Crippen LogP contribution is 2.21. The molecule has 1 amide bonds. The summed E-state index contributed by atoms with van der Waals surface area (Å²) in [6, 6.07) is 16.7. The van der Waals surface area contributed by atoms with E-state index in [1.54, 1.807) is 18.3 Å². The van der Waals surface area contributed by atoms with Crippen LogP contribution in [0.2, 0.25) is 0 Å². The van der Waals surface area contributed by atoms with Crippen molar-refractivity contribution in [3.8, 4) is 5.75 Å². The lowest BCUT2D eigenvalue weighted by Crippen LogP contribution is -2.12. The number of rotatable bonds is 5. The summed E-state index contributed by atoms with van der Waals surface area (Å²) in [5, 5.41) is 13.2. The molecule has 1 aromatic heterocycles. The molecular weight excluding hydrogens is 288 g/mol. The molecule has 2 aromatic carbocycles. The summed E-state index contributed by atoms with van der Waals surface area (Å²) >= 11 is 0. The monoisotopic (exact) mass is 306 g/mol. The molecule has 0 aliphatic carbocycles. The van der Waals surface area contributed by atoms with Crippen molar-refractivity contribution < 1.29 is 9.90 Å². The molecule has 0 radical (unpaired) electrons. The summed E-state index contributed by atoms with van der Waals surface area (Å²) in [7, 11) is 0. The van der Waals surface area contributed by atoms with E-state index < -0.39 is 0 Å². The Labute approximate surface area is 134 Å². The van der Waals surface area contributed by atoms with Crippen molar-refractivity contribution in [2.24, 2.45) is 0 Å². The molecule has 3 rings (SSSR count). The van der Waals surface area contributed by atoms with Gasteiger partial charge in [-0.05, 0) is 42.7 Å². The quantitative estimate of drug-likeness (QED) is 0.751. The Hall–Kier alpha value is -2.88. The minimum absolute atomic E-state index is 0.0121. The zero-order valence-electron chi connectivity index (χ0n) is 12.7. The standard InChI is InChI=1S/C19H18N2O2/c22-16-11-9-14(10-12-16)4-1-8-18(23)21-17-7-2-5-15-6-3-13-20-19(15)17/h2-3,5-7,9-13,22H,1,4,8H2,(H,21,23). The molecule has 0 bridgehead atoms. The third-order valence-electron chi connectivity index (χ3n) is 3.71. The average molecular weight is 306 g/mol. The molecule has 0 saturated carbocycles. The predicted molar refractivity (Wildman–Crippen MR) is 91.4 cm³/mol. The third kappa shape index (κ3) is 3.86. The molecule has 0 atom stereocenters. The van der Waals surface area contributed by atoms with Crippen molar-refractivity contribution >= 4 is 22.5 Å². The number of hydrogen-bond acceptors (Lipinski definition) is 3. The van der Waals surface area contributed by atoms with Crippen molar-refractivity contribution in [3.05, 3.63) is 66.4 Å². The first kappa shape index (κ1) is 15.0. The molecule has 2 N–H and O–H groups in total. The van der Waals surface area contributed by atoms with E-state index >= 15 is 0 Å². The number of nitrogens with zero attached hydrogens (tertiary/aromatic N) is 1.